The van der Waals surface area contributed by atoms with Gasteiger partial charge in [-0.1, -0.05) is 42.3 Å². The van der Waals surface area contributed by atoms with Crippen molar-refractivity contribution in [2.75, 3.05) is 13.6 Å². The van der Waals surface area contributed by atoms with E-state index in [1.807, 2.05) is 36.4 Å². The molecule has 0 radical (unpaired) electrons. The van der Waals surface area contributed by atoms with Gasteiger partial charge in [0.2, 0.25) is 0 Å². The number of phenols is 1. The molecule has 236 valence electrons. The van der Waals surface area contributed by atoms with Crippen molar-refractivity contribution < 1.29 is 32.9 Å². The molecule has 1 saturated carbocycles. The summed E-state index contributed by atoms with van der Waals surface area (Å²) in [6, 6.07) is 18.8. The number of carbonyl (C=O) groups excluding carboxylic acids is 1. The van der Waals surface area contributed by atoms with Gasteiger partial charge in [-0.05, 0) is 73.6 Å². The fraction of sp³-hybridized carbons (Fsp3) is 0.389. The van der Waals surface area contributed by atoms with Gasteiger partial charge < -0.3 is 19.8 Å². The summed E-state index contributed by atoms with van der Waals surface area (Å²) in [6.45, 7) is 0.582. The molecule has 46 heavy (non-hydrogen) atoms. The van der Waals surface area contributed by atoms with Crippen molar-refractivity contribution in [2.45, 2.75) is 73.5 Å². The van der Waals surface area contributed by atoms with Gasteiger partial charge in [0.05, 0.1) is 34.7 Å². The van der Waals surface area contributed by atoms with Gasteiger partial charge in [0.1, 0.15) is 6.10 Å². The fourth-order valence-corrected chi connectivity index (χ4v) is 8.48. The molecule has 2 heterocycles. The van der Waals surface area contributed by atoms with Crippen LogP contribution in [0.4, 0.5) is 13.2 Å². The van der Waals surface area contributed by atoms with Gasteiger partial charge in [-0.2, -0.15) is 18.4 Å². The number of carbonyl (C=O) groups is 1. The number of ether oxygens (including phenoxy) is 1. The van der Waals surface area contributed by atoms with Crippen LogP contribution in [0.15, 0.2) is 66.7 Å². The number of likely N-dealkylation sites (N-methyl/N-ethyl adjacent to an activating group) is 1. The van der Waals surface area contributed by atoms with Crippen molar-refractivity contribution >= 4 is 5.91 Å². The van der Waals surface area contributed by atoms with Crippen LogP contribution < -0.4 is 4.74 Å². The standard InChI is InChI=1S/C36H32F3N3O4/c1-41(30(44)14-9-23-7-11-25(12-8-23)36(37,38)39)27-15-17-35(45)29-19-24-10-13-28(43)32-31(24)34(35,33(27)46-32)20-26(21-40)42(29)18-16-22-5-3-2-4-6-22/h2-8,10-13,26-27,29,33,43,45H,15-20H2,1H3/t26?,27-,29-,33+,34+,35-/m1/s1. The third-order valence-electron chi connectivity index (χ3n) is 10.6. The predicted octanol–water partition coefficient (Wildman–Crippen LogP) is 4.58. The molecule has 2 bridgehead atoms. The van der Waals surface area contributed by atoms with Crippen LogP contribution in [0.1, 0.15) is 47.1 Å². The molecule has 1 saturated heterocycles. The van der Waals surface area contributed by atoms with E-state index < -0.39 is 46.9 Å². The van der Waals surface area contributed by atoms with E-state index in [0.717, 1.165) is 28.8 Å². The molecule has 7 nitrogen and oxygen atoms in total. The minimum atomic E-state index is -4.47. The highest BCUT2D eigenvalue weighted by atomic mass is 19.4. The molecule has 2 N–H and O–H groups in total. The van der Waals surface area contributed by atoms with E-state index in [2.05, 4.69) is 22.8 Å². The van der Waals surface area contributed by atoms with Crippen LogP contribution in [-0.2, 0) is 29.2 Å². The highest BCUT2D eigenvalue weighted by Gasteiger charge is 2.74. The summed E-state index contributed by atoms with van der Waals surface area (Å²) in [5.41, 5.74) is -0.0769. The normalized spacial score (nSPS) is 29.0. The van der Waals surface area contributed by atoms with Crippen LogP contribution in [0, 0.1) is 23.2 Å². The number of piperidine rings is 1. The molecule has 1 amide bonds. The minimum absolute atomic E-state index is 0.0573. The number of benzene rings is 3. The summed E-state index contributed by atoms with van der Waals surface area (Å²) in [4.78, 5) is 17.0. The highest BCUT2D eigenvalue weighted by Crippen LogP contribution is 2.66. The molecule has 2 aliphatic carbocycles. The van der Waals surface area contributed by atoms with E-state index in [4.69, 9.17) is 4.74 Å². The van der Waals surface area contributed by atoms with E-state index in [0.29, 0.717) is 32.2 Å². The molecule has 10 heteroatoms. The maximum atomic E-state index is 13.4. The van der Waals surface area contributed by atoms with Gasteiger partial charge in [-0.3, -0.25) is 9.69 Å². The van der Waals surface area contributed by atoms with E-state index in [1.165, 1.54) is 17.0 Å². The van der Waals surface area contributed by atoms with Crippen molar-refractivity contribution in [3.8, 4) is 29.4 Å². The average Bonchev–Trinajstić information content (AvgIpc) is 3.40. The van der Waals surface area contributed by atoms with Crippen molar-refractivity contribution in [1.29, 1.82) is 5.26 Å². The molecule has 2 fully saturated rings. The Hall–Kier alpha value is -4.51. The Morgan fingerprint density at radius 3 is 2.57 bits per heavy atom. The van der Waals surface area contributed by atoms with E-state index in [1.54, 1.807) is 13.1 Å². The highest BCUT2D eigenvalue weighted by molar-refractivity contribution is 5.94. The van der Waals surface area contributed by atoms with E-state index in [-0.39, 0.29) is 29.5 Å². The molecule has 2 aliphatic heterocycles. The molecule has 1 spiro atoms. The molecule has 6 atom stereocenters. The third-order valence-corrected chi connectivity index (χ3v) is 10.6. The van der Waals surface area contributed by atoms with Crippen molar-refractivity contribution in [1.82, 2.24) is 9.80 Å². The topological polar surface area (TPSA) is 97.0 Å². The molecule has 0 aromatic heterocycles. The van der Waals surface area contributed by atoms with Crippen LogP contribution in [0.2, 0.25) is 0 Å². The Labute approximate surface area is 264 Å². The molecular weight excluding hydrogens is 595 g/mol. The second kappa shape index (κ2) is 10.8. The number of alkyl halides is 3. The SMILES string of the molecule is CN(C(=O)C#Cc1ccc(C(F)(F)F)cc1)[C@@H]1CC[C@@]2(O)[C@H]3Cc4ccc(O)c5c4[C@@]2(CC(C#N)N3CCc2ccccc2)[C@H]1O5. The Bertz CT molecular complexity index is 1800. The monoisotopic (exact) mass is 627 g/mol. The molecule has 3 aromatic carbocycles. The predicted molar refractivity (Wildman–Crippen MR) is 162 cm³/mol. The number of amides is 1. The van der Waals surface area contributed by atoms with Gasteiger partial charge in [-0.25, -0.2) is 0 Å². The minimum Gasteiger partial charge on any atom is -0.504 e. The Morgan fingerprint density at radius 2 is 1.87 bits per heavy atom. The van der Waals surface area contributed by atoms with Crippen molar-refractivity contribution in [2.24, 2.45) is 0 Å². The second-order valence-corrected chi connectivity index (χ2v) is 12.8. The molecule has 3 aromatic rings. The van der Waals surface area contributed by atoms with Gasteiger partial charge in [-0.15, -0.1) is 0 Å². The number of likely N-dealkylation sites (tertiary alicyclic amines) is 1. The largest absolute Gasteiger partial charge is 0.504 e. The van der Waals surface area contributed by atoms with E-state index >= 15 is 0 Å². The zero-order chi connectivity index (χ0) is 32.4. The maximum Gasteiger partial charge on any atom is 0.416 e. The molecule has 4 aliphatic rings. The first-order chi connectivity index (χ1) is 22.0. The van der Waals surface area contributed by atoms with Gasteiger partial charge in [0, 0.05) is 36.7 Å². The summed E-state index contributed by atoms with van der Waals surface area (Å²) in [6.07, 6.45) is -3.05. The Morgan fingerprint density at radius 1 is 1.13 bits per heavy atom. The maximum absolute atomic E-state index is 13.4. The number of rotatable bonds is 4. The summed E-state index contributed by atoms with van der Waals surface area (Å²) in [5, 5.41) is 34.2. The summed E-state index contributed by atoms with van der Waals surface area (Å²) in [7, 11) is 1.60. The zero-order valence-electron chi connectivity index (χ0n) is 25.1. The number of halogens is 3. The zero-order valence-corrected chi connectivity index (χ0v) is 25.1. The van der Waals surface area contributed by atoms with Gasteiger partial charge in [0.15, 0.2) is 11.5 Å². The van der Waals surface area contributed by atoms with Crippen molar-refractivity contribution in [3.63, 3.8) is 0 Å². The molecule has 7 rings (SSSR count). The smallest absolute Gasteiger partial charge is 0.416 e. The fourth-order valence-electron chi connectivity index (χ4n) is 8.48. The first kappa shape index (κ1) is 30.2. The van der Waals surface area contributed by atoms with Gasteiger partial charge in [0.25, 0.3) is 5.91 Å². The Kier molecular flexibility index (Phi) is 7.08. The van der Waals surface area contributed by atoms with Crippen LogP contribution >= 0.6 is 0 Å². The van der Waals surface area contributed by atoms with Crippen molar-refractivity contribution in [3.05, 3.63) is 94.5 Å². The quantitative estimate of drug-likeness (QED) is 0.412. The lowest BCUT2D eigenvalue weighted by molar-refractivity contribution is -0.206. The number of hydrogen-bond donors (Lipinski definition) is 2. The summed E-state index contributed by atoms with van der Waals surface area (Å²) in [5.74, 6) is 4.90. The number of aliphatic hydroxyl groups is 1. The Balaban J connectivity index is 1.22. The lowest BCUT2D eigenvalue weighted by Crippen LogP contribution is -2.79. The number of nitrogens with zero attached hydrogens (tertiary/aromatic N) is 3. The van der Waals surface area contributed by atoms with Crippen LogP contribution in [0.5, 0.6) is 11.5 Å². The first-order valence-corrected chi connectivity index (χ1v) is 15.4. The number of phenolic OH excluding ortho intramolecular Hbond substituents is 1. The second-order valence-electron chi connectivity index (χ2n) is 12.8. The average molecular weight is 628 g/mol. The lowest BCUT2D eigenvalue weighted by atomic mass is 9.47. The lowest BCUT2D eigenvalue weighted by Gasteiger charge is -2.65. The van der Waals surface area contributed by atoms with Gasteiger partial charge >= 0.3 is 6.18 Å². The molecular formula is C36H32F3N3O4. The summed E-state index contributed by atoms with van der Waals surface area (Å²) < 4.78 is 45.4. The molecule has 1 unspecified atom stereocenters. The van der Waals surface area contributed by atoms with Crippen LogP contribution in [0.25, 0.3) is 0 Å². The summed E-state index contributed by atoms with van der Waals surface area (Å²) >= 11 is 0. The number of hydrogen-bond acceptors (Lipinski definition) is 6. The number of aromatic hydroxyl groups is 1. The first-order valence-electron chi connectivity index (χ1n) is 15.4. The van der Waals surface area contributed by atoms with Crippen LogP contribution in [0.3, 0.4) is 0 Å². The number of nitriles is 1. The third kappa shape index (κ3) is 4.46. The van der Waals surface area contributed by atoms with Crippen LogP contribution in [-0.4, -0.2) is 69.3 Å². The van der Waals surface area contributed by atoms with E-state index in [9.17, 15) is 33.4 Å².